The van der Waals surface area contributed by atoms with Gasteiger partial charge < -0.3 is 20.7 Å². The Hall–Kier alpha value is -3.45. The minimum atomic E-state index is -3.21. The zero-order valence-corrected chi connectivity index (χ0v) is 24.2. The summed E-state index contributed by atoms with van der Waals surface area (Å²) in [5, 5.41) is 8.09. The Balaban J connectivity index is 1.07. The van der Waals surface area contributed by atoms with Gasteiger partial charge in [0.05, 0.1) is 26.1 Å². The lowest BCUT2D eigenvalue weighted by Crippen LogP contribution is -2.35. The van der Waals surface area contributed by atoms with Gasteiger partial charge in [0.15, 0.2) is 5.82 Å². The molecule has 2 saturated carbocycles. The number of nitrogens with zero attached hydrogens (tertiary/aromatic N) is 6. The van der Waals surface area contributed by atoms with Crippen molar-refractivity contribution in [1.29, 1.82) is 0 Å². The van der Waals surface area contributed by atoms with Gasteiger partial charge in [-0.2, -0.15) is 10.1 Å². The summed E-state index contributed by atoms with van der Waals surface area (Å²) in [7, 11) is -1.61. The Morgan fingerprint density at radius 1 is 1.15 bits per heavy atom. The van der Waals surface area contributed by atoms with Crippen LogP contribution in [0.15, 0.2) is 24.4 Å². The number of hydrogen-bond acceptors (Lipinski definition) is 9. The molecule has 4 fully saturated rings. The average Bonchev–Trinajstić information content (AvgIpc) is 3.22. The van der Waals surface area contributed by atoms with E-state index in [9.17, 15) is 13.2 Å². The molecular weight excluding hydrogens is 544 g/mol. The second-order valence-corrected chi connectivity index (χ2v) is 14.4. The predicted molar refractivity (Wildman–Crippen MR) is 154 cm³/mol. The summed E-state index contributed by atoms with van der Waals surface area (Å²) in [4.78, 5) is 24.1. The second kappa shape index (κ2) is 9.55. The van der Waals surface area contributed by atoms with Crippen molar-refractivity contribution in [3.05, 3.63) is 35.5 Å². The molecule has 13 heteroatoms. The average molecular weight is 581 g/mol. The number of carbonyl (C=O) groups excluding carboxylic acids is 1. The molecule has 4 heterocycles. The monoisotopic (exact) mass is 580 g/mol. The Labute approximate surface area is 239 Å². The number of fused-ring (bicyclic) bond motifs is 2. The Morgan fingerprint density at radius 3 is 2.54 bits per heavy atom. The highest BCUT2D eigenvalue weighted by atomic mass is 32.2. The van der Waals surface area contributed by atoms with E-state index in [0.717, 1.165) is 17.6 Å². The highest BCUT2D eigenvalue weighted by molar-refractivity contribution is 7.88. The van der Waals surface area contributed by atoms with E-state index in [1.54, 1.807) is 19.4 Å². The number of nitrogens with one attached hydrogen (secondary N) is 1. The molecule has 2 aliphatic carbocycles. The number of sulfonamides is 1. The molecule has 0 bridgehead atoms. The Morgan fingerprint density at radius 2 is 1.88 bits per heavy atom. The third-order valence-electron chi connectivity index (χ3n) is 9.53. The van der Waals surface area contributed by atoms with Crippen molar-refractivity contribution < 1.29 is 17.9 Å². The van der Waals surface area contributed by atoms with Crippen molar-refractivity contribution in [3.8, 4) is 5.75 Å². The summed E-state index contributed by atoms with van der Waals surface area (Å²) in [5.74, 6) is 2.40. The lowest BCUT2D eigenvalue weighted by Gasteiger charge is -2.36. The molecular formula is C28H36N8O4S. The minimum Gasteiger partial charge on any atom is -0.496 e. The quantitative estimate of drug-likeness (QED) is 0.408. The van der Waals surface area contributed by atoms with Crippen molar-refractivity contribution in [2.45, 2.75) is 32.2 Å². The molecule has 2 saturated heterocycles. The number of benzene rings is 1. The molecule has 41 heavy (non-hydrogen) atoms. The maximum Gasteiger partial charge on any atom is 0.254 e. The molecule has 7 rings (SSSR count). The lowest BCUT2D eigenvalue weighted by molar-refractivity contribution is 0.0778. The molecule has 218 valence electrons. The summed E-state index contributed by atoms with van der Waals surface area (Å²) in [6.07, 6.45) is 8.24. The highest BCUT2D eigenvalue weighted by Crippen LogP contribution is 2.63. The van der Waals surface area contributed by atoms with Gasteiger partial charge in [0.2, 0.25) is 16.0 Å². The molecule has 0 unspecified atom stereocenters. The molecule has 4 aliphatic rings. The van der Waals surface area contributed by atoms with Crippen LogP contribution in [-0.2, 0) is 16.6 Å². The number of methoxy groups -OCH3 is 1. The number of likely N-dealkylation sites (tertiary alicyclic amines) is 1. The maximum absolute atomic E-state index is 13.4. The van der Waals surface area contributed by atoms with Crippen LogP contribution in [0.3, 0.4) is 0 Å². The van der Waals surface area contributed by atoms with Crippen molar-refractivity contribution >= 4 is 38.7 Å². The highest BCUT2D eigenvalue weighted by Gasteiger charge is 2.52. The van der Waals surface area contributed by atoms with Crippen LogP contribution in [0.2, 0.25) is 0 Å². The molecule has 1 aromatic carbocycles. The van der Waals surface area contributed by atoms with Crippen molar-refractivity contribution in [2.75, 3.05) is 57.1 Å². The molecule has 2 aliphatic heterocycles. The molecule has 0 radical (unpaired) electrons. The molecule has 2 aromatic heterocycles. The summed E-state index contributed by atoms with van der Waals surface area (Å²) in [5.41, 5.74) is 9.52. The number of hydrogen-bond donors (Lipinski definition) is 2. The SMILES string of the molecule is COc1cc(C(=O)N2C[C@@H]3CN(S(C)(=O)=O)C[C@@H]3C2)ccc1Cn1ncc2nc(N)nc(NCC3CC4(CC4)C3)c21. The van der Waals surface area contributed by atoms with E-state index in [-0.39, 0.29) is 23.7 Å². The van der Waals surface area contributed by atoms with Gasteiger partial charge in [-0.3, -0.25) is 9.48 Å². The molecule has 1 amide bonds. The van der Waals surface area contributed by atoms with E-state index in [4.69, 9.17) is 10.5 Å². The first-order valence-electron chi connectivity index (χ1n) is 14.2. The summed E-state index contributed by atoms with van der Waals surface area (Å²) >= 11 is 0. The topological polar surface area (TPSA) is 149 Å². The predicted octanol–water partition coefficient (Wildman–Crippen LogP) is 2.03. The summed E-state index contributed by atoms with van der Waals surface area (Å²) in [6.45, 7) is 3.31. The second-order valence-electron chi connectivity index (χ2n) is 12.5. The van der Waals surface area contributed by atoms with Crippen LogP contribution >= 0.6 is 0 Å². The van der Waals surface area contributed by atoms with E-state index < -0.39 is 10.0 Å². The van der Waals surface area contributed by atoms with Gasteiger partial charge >= 0.3 is 0 Å². The number of rotatable bonds is 8. The fourth-order valence-corrected chi connectivity index (χ4v) is 8.06. The van der Waals surface area contributed by atoms with Gasteiger partial charge in [0.25, 0.3) is 5.91 Å². The number of nitrogens with two attached hydrogens (primary N) is 1. The fourth-order valence-electron chi connectivity index (χ4n) is 7.13. The van der Waals surface area contributed by atoms with Gasteiger partial charge in [0.1, 0.15) is 16.8 Å². The normalized spacial score (nSPS) is 23.6. The first kappa shape index (κ1) is 26.4. The van der Waals surface area contributed by atoms with Gasteiger partial charge in [-0.05, 0) is 61.0 Å². The van der Waals surface area contributed by atoms with Crippen LogP contribution in [0.25, 0.3) is 11.0 Å². The standard InChI is InChI=1S/C28H36N8O4S/c1-40-23-7-18(26(37)34-12-20-14-35(41(2,38)39)15-21(20)13-34)3-4-19(23)16-36-24-22(11-31-36)32-27(29)33-25(24)30-10-17-8-28(9-17)5-6-28/h3-4,7,11,17,20-21H,5-6,8-10,12-16H2,1-2H3,(H3,29,30,32,33)/t20-,21+. The van der Waals surface area contributed by atoms with E-state index in [1.165, 1.54) is 36.2 Å². The van der Waals surface area contributed by atoms with Crippen LogP contribution in [0.1, 0.15) is 41.6 Å². The molecule has 2 atom stereocenters. The zero-order chi connectivity index (χ0) is 28.5. The largest absolute Gasteiger partial charge is 0.496 e. The van der Waals surface area contributed by atoms with E-state index in [1.807, 2.05) is 21.7 Å². The number of carbonyl (C=O) groups is 1. The van der Waals surface area contributed by atoms with Gasteiger partial charge in [-0.15, -0.1) is 0 Å². The smallest absolute Gasteiger partial charge is 0.254 e. The van der Waals surface area contributed by atoms with Gasteiger partial charge in [0, 0.05) is 43.9 Å². The number of amides is 1. The number of aromatic nitrogens is 4. The van der Waals surface area contributed by atoms with E-state index >= 15 is 0 Å². The molecule has 1 spiro atoms. The first-order valence-corrected chi connectivity index (χ1v) is 16.1. The zero-order valence-electron chi connectivity index (χ0n) is 23.4. The van der Waals surface area contributed by atoms with Crippen molar-refractivity contribution in [1.82, 2.24) is 29.0 Å². The Bertz CT molecular complexity index is 1610. The third-order valence-corrected chi connectivity index (χ3v) is 10.8. The molecule has 3 N–H and O–H groups in total. The van der Waals surface area contributed by atoms with E-state index in [2.05, 4.69) is 20.4 Å². The maximum atomic E-state index is 13.4. The minimum absolute atomic E-state index is 0.0703. The first-order chi connectivity index (χ1) is 19.6. The van der Waals surface area contributed by atoms with Crippen LogP contribution in [-0.4, -0.2) is 89.4 Å². The summed E-state index contributed by atoms with van der Waals surface area (Å²) < 4.78 is 32.9. The summed E-state index contributed by atoms with van der Waals surface area (Å²) in [6, 6.07) is 5.50. The number of ether oxygens (including phenoxy) is 1. The van der Waals surface area contributed by atoms with Gasteiger partial charge in [-0.25, -0.2) is 17.7 Å². The Kier molecular flexibility index (Phi) is 6.16. The van der Waals surface area contributed by atoms with Crippen LogP contribution in [0.4, 0.5) is 11.8 Å². The van der Waals surface area contributed by atoms with Crippen LogP contribution in [0, 0.1) is 23.2 Å². The lowest BCUT2D eigenvalue weighted by atomic mass is 9.72. The molecule has 3 aromatic rings. The molecule has 12 nitrogen and oxygen atoms in total. The van der Waals surface area contributed by atoms with Crippen molar-refractivity contribution in [2.24, 2.45) is 23.2 Å². The third kappa shape index (κ3) is 4.88. The number of anilines is 2. The fraction of sp³-hybridized carbons (Fsp3) is 0.571. The van der Waals surface area contributed by atoms with Crippen LogP contribution < -0.4 is 15.8 Å². The number of nitrogen functional groups attached to an aromatic ring is 1. The van der Waals surface area contributed by atoms with Crippen molar-refractivity contribution in [3.63, 3.8) is 0 Å². The van der Waals surface area contributed by atoms with Gasteiger partial charge in [-0.1, -0.05) is 6.07 Å². The van der Waals surface area contributed by atoms with Crippen LogP contribution in [0.5, 0.6) is 5.75 Å². The van der Waals surface area contributed by atoms with E-state index in [0.29, 0.717) is 66.7 Å².